The van der Waals surface area contributed by atoms with Crippen molar-refractivity contribution in [3.8, 4) is 0 Å². The highest BCUT2D eigenvalue weighted by Crippen LogP contribution is 2.08. The average Bonchev–Trinajstić information content (AvgIpc) is 2.62. The van der Waals surface area contributed by atoms with Gasteiger partial charge in [0.25, 0.3) is 0 Å². The van der Waals surface area contributed by atoms with Gasteiger partial charge in [-0.1, -0.05) is 0 Å². The summed E-state index contributed by atoms with van der Waals surface area (Å²) in [6.45, 7) is 1.79. The highest BCUT2D eigenvalue weighted by Gasteiger charge is 2.12. The molecule has 2 aromatic rings. The number of carbonyl (C=O) groups is 1. The van der Waals surface area contributed by atoms with Crippen LogP contribution in [0.1, 0.15) is 16.1 Å². The van der Waals surface area contributed by atoms with Crippen LogP contribution in [0.3, 0.4) is 0 Å². The van der Waals surface area contributed by atoms with E-state index in [-0.39, 0.29) is 0 Å². The Morgan fingerprint density at radius 1 is 1.57 bits per heavy atom. The summed E-state index contributed by atoms with van der Waals surface area (Å²) in [5, 5.41) is 4.01. The summed E-state index contributed by atoms with van der Waals surface area (Å²) >= 11 is 0. The molecule has 0 saturated carbocycles. The zero-order valence-corrected chi connectivity index (χ0v) is 7.89. The van der Waals surface area contributed by atoms with Crippen LogP contribution in [0.5, 0.6) is 0 Å². The summed E-state index contributed by atoms with van der Waals surface area (Å²) in [7, 11) is 1.34. The second-order valence-corrected chi connectivity index (χ2v) is 2.90. The van der Waals surface area contributed by atoms with E-state index in [0.717, 1.165) is 5.56 Å². The molecule has 72 valence electrons. The Morgan fingerprint density at radius 3 is 3.07 bits per heavy atom. The maximum Gasteiger partial charge on any atom is 0.357 e. The Hall–Kier alpha value is -1.91. The first-order valence-corrected chi connectivity index (χ1v) is 4.11. The second kappa shape index (κ2) is 3.10. The van der Waals surface area contributed by atoms with Crippen LogP contribution < -0.4 is 0 Å². The topological polar surface area (TPSA) is 56.5 Å². The van der Waals surface area contributed by atoms with Gasteiger partial charge in [-0.05, 0) is 6.92 Å². The molecule has 0 fully saturated rings. The first kappa shape index (κ1) is 8.68. The van der Waals surface area contributed by atoms with Crippen molar-refractivity contribution in [2.24, 2.45) is 0 Å². The largest absolute Gasteiger partial charge is 0.464 e. The fourth-order valence-corrected chi connectivity index (χ4v) is 1.25. The molecule has 2 aromatic heterocycles. The van der Waals surface area contributed by atoms with Crippen molar-refractivity contribution in [1.82, 2.24) is 14.6 Å². The Labute approximate surface area is 80.3 Å². The molecule has 0 amide bonds. The lowest BCUT2D eigenvalue weighted by Gasteiger charge is -2.02. The molecule has 5 heteroatoms. The molecule has 14 heavy (non-hydrogen) atoms. The van der Waals surface area contributed by atoms with Crippen molar-refractivity contribution < 1.29 is 9.53 Å². The van der Waals surface area contributed by atoms with Crippen LogP contribution >= 0.6 is 0 Å². The van der Waals surface area contributed by atoms with E-state index in [4.69, 9.17) is 0 Å². The highest BCUT2D eigenvalue weighted by atomic mass is 16.5. The van der Waals surface area contributed by atoms with Gasteiger partial charge in [0.05, 0.1) is 13.3 Å². The third-order valence-electron chi connectivity index (χ3n) is 1.94. The predicted molar refractivity (Wildman–Crippen MR) is 49.1 cm³/mol. The van der Waals surface area contributed by atoms with Crippen LogP contribution in [-0.4, -0.2) is 27.7 Å². The molecule has 0 atom stereocenters. The summed E-state index contributed by atoms with van der Waals surface area (Å²) in [6, 6.07) is 1.73. The van der Waals surface area contributed by atoms with Crippen molar-refractivity contribution in [2.75, 3.05) is 7.11 Å². The first-order chi connectivity index (χ1) is 6.72. The van der Waals surface area contributed by atoms with Crippen LogP contribution in [0.4, 0.5) is 0 Å². The number of aryl methyl sites for hydroxylation is 1. The molecule has 0 radical (unpaired) electrons. The van der Waals surface area contributed by atoms with E-state index in [2.05, 4.69) is 14.8 Å². The third kappa shape index (κ3) is 1.22. The number of nitrogens with zero attached hydrogens (tertiary/aromatic N) is 3. The molecule has 0 N–H and O–H groups in total. The first-order valence-electron chi connectivity index (χ1n) is 4.11. The number of fused-ring (bicyclic) bond motifs is 1. The van der Waals surface area contributed by atoms with Crippen LogP contribution in [0.15, 0.2) is 18.5 Å². The van der Waals surface area contributed by atoms with Crippen molar-refractivity contribution in [3.63, 3.8) is 0 Å². The van der Waals surface area contributed by atoms with Gasteiger partial charge in [0, 0.05) is 17.8 Å². The van der Waals surface area contributed by atoms with E-state index in [1.54, 1.807) is 29.9 Å². The monoisotopic (exact) mass is 191 g/mol. The lowest BCUT2D eigenvalue weighted by molar-refractivity contribution is 0.0593. The molecule has 0 aromatic carbocycles. The maximum atomic E-state index is 11.3. The number of aromatic nitrogens is 3. The van der Waals surface area contributed by atoms with Crippen molar-refractivity contribution in [1.29, 1.82) is 0 Å². The summed E-state index contributed by atoms with van der Waals surface area (Å²) in [6.07, 6.45) is 3.37. The van der Waals surface area contributed by atoms with Crippen LogP contribution in [0.25, 0.3) is 5.65 Å². The molecule has 0 spiro atoms. The summed E-state index contributed by atoms with van der Waals surface area (Å²) < 4.78 is 6.22. The number of esters is 1. The van der Waals surface area contributed by atoms with Gasteiger partial charge >= 0.3 is 5.97 Å². The Balaban J connectivity index is 2.64. The van der Waals surface area contributed by atoms with E-state index in [9.17, 15) is 4.79 Å². The van der Waals surface area contributed by atoms with Gasteiger partial charge in [-0.15, -0.1) is 0 Å². The van der Waals surface area contributed by atoms with Gasteiger partial charge in [0.1, 0.15) is 0 Å². The van der Waals surface area contributed by atoms with Gasteiger partial charge in [-0.2, -0.15) is 5.10 Å². The van der Waals surface area contributed by atoms with Crippen molar-refractivity contribution in [3.05, 3.63) is 29.7 Å². The van der Waals surface area contributed by atoms with E-state index in [1.807, 2.05) is 0 Å². The molecule has 5 nitrogen and oxygen atoms in total. The normalized spacial score (nSPS) is 10.4. The number of methoxy groups -OCH3 is 1. The number of rotatable bonds is 1. The average molecular weight is 191 g/mol. The maximum absolute atomic E-state index is 11.3. The standard InChI is InChI=1S/C9H9N3O2/c1-6-5-12-7(3-4-10-12)11-8(6)9(13)14-2/h3-5H,1-2H3. The van der Waals surface area contributed by atoms with Gasteiger partial charge < -0.3 is 4.74 Å². The van der Waals surface area contributed by atoms with E-state index < -0.39 is 5.97 Å². The highest BCUT2D eigenvalue weighted by molar-refractivity contribution is 5.89. The zero-order valence-electron chi connectivity index (χ0n) is 7.89. The van der Waals surface area contributed by atoms with Gasteiger partial charge in [-0.3, -0.25) is 0 Å². The van der Waals surface area contributed by atoms with Crippen molar-refractivity contribution in [2.45, 2.75) is 6.92 Å². The fourth-order valence-electron chi connectivity index (χ4n) is 1.25. The van der Waals surface area contributed by atoms with Crippen molar-refractivity contribution >= 4 is 11.6 Å². The van der Waals surface area contributed by atoms with Gasteiger partial charge in [0.15, 0.2) is 11.3 Å². The summed E-state index contributed by atoms with van der Waals surface area (Å²) in [4.78, 5) is 15.4. The zero-order chi connectivity index (χ0) is 10.1. The molecule has 0 aliphatic carbocycles. The van der Waals surface area contributed by atoms with Crippen LogP contribution in [0.2, 0.25) is 0 Å². The van der Waals surface area contributed by atoms with Crippen LogP contribution in [0, 0.1) is 6.92 Å². The minimum absolute atomic E-state index is 0.334. The molecule has 2 heterocycles. The van der Waals surface area contributed by atoms with E-state index in [0.29, 0.717) is 11.3 Å². The van der Waals surface area contributed by atoms with E-state index >= 15 is 0 Å². The second-order valence-electron chi connectivity index (χ2n) is 2.90. The van der Waals surface area contributed by atoms with Gasteiger partial charge in [-0.25, -0.2) is 14.3 Å². The fraction of sp³-hybridized carbons (Fsp3) is 0.222. The Kier molecular flexibility index (Phi) is 1.92. The molecule has 0 unspecified atom stereocenters. The predicted octanol–water partition coefficient (Wildman–Crippen LogP) is 0.824. The number of hydrogen-bond acceptors (Lipinski definition) is 4. The number of hydrogen-bond donors (Lipinski definition) is 0. The number of carbonyl (C=O) groups excluding carboxylic acids is 1. The minimum atomic E-state index is -0.425. The lowest BCUT2D eigenvalue weighted by Crippen LogP contribution is -2.08. The van der Waals surface area contributed by atoms with Gasteiger partial charge in [0.2, 0.25) is 0 Å². The molecule has 0 saturated heterocycles. The summed E-state index contributed by atoms with van der Waals surface area (Å²) in [5.74, 6) is -0.425. The molecule has 2 rings (SSSR count). The third-order valence-corrected chi connectivity index (χ3v) is 1.94. The smallest absolute Gasteiger partial charge is 0.357 e. The number of ether oxygens (including phenoxy) is 1. The van der Waals surface area contributed by atoms with Crippen LogP contribution in [-0.2, 0) is 4.74 Å². The Morgan fingerprint density at radius 2 is 2.36 bits per heavy atom. The van der Waals surface area contributed by atoms with E-state index in [1.165, 1.54) is 7.11 Å². The SMILES string of the molecule is COC(=O)c1nc2ccnn2cc1C. The minimum Gasteiger partial charge on any atom is -0.464 e. The molecular weight excluding hydrogens is 182 g/mol. The molecule has 0 aliphatic heterocycles. The quantitative estimate of drug-likeness (QED) is 0.626. The molecule has 0 bridgehead atoms. The summed E-state index contributed by atoms with van der Waals surface area (Å²) in [5.41, 5.74) is 1.71. The Bertz CT molecular complexity index is 490. The molecule has 0 aliphatic rings. The lowest BCUT2D eigenvalue weighted by atomic mass is 10.2. The molecular formula is C9H9N3O2.